The summed E-state index contributed by atoms with van der Waals surface area (Å²) in [7, 11) is -3.27. The number of hydrogen-bond acceptors (Lipinski definition) is 6. The number of anilines is 1. The van der Waals surface area contributed by atoms with Crippen molar-refractivity contribution in [2.24, 2.45) is 5.92 Å². The lowest BCUT2D eigenvalue weighted by atomic mass is 9.93. The Kier molecular flexibility index (Phi) is 9.93. The second-order valence-electron chi connectivity index (χ2n) is 11.0. The van der Waals surface area contributed by atoms with E-state index in [-0.39, 0.29) is 42.2 Å². The van der Waals surface area contributed by atoms with Crippen LogP contribution in [0.3, 0.4) is 0 Å². The van der Waals surface area contributed by atoms with Gasteiger partial charge in [0.05, 0.1) is 35.3 Å². The van der Waals surface area contributed by atoms with Gasteiger partial charge < -0.3 is 9.64 Å². The molecular weight excluding hydrogens is 596 g/mol. The van der Waals surface area contributed by atoms with Crippen LogP contribution in [-0.4, -0.2) is 37.0 Å². The van der Waals surface area contributed by atoms with Crippen LogP contribution in [0.15, 0.2) is 54.9 Å². The average molecular weight is 630 g/mol. The summed E-state index contributed by atoms with van der Waals surface area (Å²) in [4.78, 5) is 10.2. The molecule has 1 saturated carbocycles. The molecule has 2 aromatic carbocycles. The minimum Gasteiger partial charge on any atom is -0.489 e. The van der Waals surface area contributed by atoms with Gasteiger partial charge in [0, 0.05) is 12.8 Å². The molecule has 1 aromatic heterocycles. The Morgan fingerprint density at radius 2 is 1.49 bits per heavy atom. The second-order valence-corrected chi connectivity index (χ2v) is 13.2. The number of halogens is 6. The summed E-state index contributed by atoms with van der Waals surface area (Å²) < 4.78 is 110. The van der Waals surface area contributed by atoms with Crippen molar-refractivity contribution in [3.8, 4) is 5.75 Å². The fraction of sp³-hybridized carbons (Fsp3) is 0.467. The molecule has 0 amide bonds. The minimum absolute atomic E-state index is 0.0598. The Balaban J connectivity index is 1.72. The molecule has 0 aliphatic heterocycles. The van der Waals surface area contributed by atoms with Gasteiger partial charge in [-0.05, 0) is 54.2 Å². The largest absolute Gasteiger partial charge is 0.489 e. The lowest BCUT2D eigenvalue weighted by molar-refractivity contribution is -0.143. The van der Waals surface area contributed by atoms with Crippen LogP contribution in [0.1, 0.15) is 66.5 Å². The molecule has 6 nitrogen and oxygen atoms in total. The predicted molar refractivity (Wildman–Crippen MR) is 150 cm³/mol. The van der Waals surface area contributed by atoms with Gasteiger partial charge in [0.25, 0.3) is 0 Å². The molecule has 0 N–H and O–H groups in total. The third kappa shape index (κ3) is 9.07. The van der Waals surface area contributed by atoms with Crippen LogP contribution < -0.4 is 9.64 Å². The number of aromatic nitrogens is 2. The Morgan fingerprint density at radius 1 is 0.930 bits per heavy atom. The topological polar surface area (TPSA) is 72.4 Å². The van der Waals surface area contributed by atoms with Crippen LogP contribution in [0, 0.1) is 5.92 Å². The van der Waals surface area contributed by atoms with E-state index in [0.717, 1.165) is 61.6 Å². The lowest BCUT2D eigenvalue weighted by Gasteiger charge is -2.31. The minimum atomic E-state index is -4.99. The van der Waals surface area contributed by atoms with Crippen LogP contribution >= 0.6 is 0 Å². The molecule has 0 bridgehead atoms. The Bertz CT molecular complexity index is 1460. The summed E-state index contributed by atoms with van der Waals surface area (Å²) >= 11 is 0. The summed E-state index contributed by atoms with van der Waals surface area (Å²) in [6.07, 6.45) is -1.01. The fourth-order valence-corrected chi connectivity index (χ4v) is 5.63. The van der Waals surface area contributed by atoms with Gasteiger partial charge in [-0.25, -0.2) is 18.4 Å². The molecule has 0 saturated heterocycles. The zero-order chi connectivity index (χ0) is 31.4. The van der Waals surface area contributed by atoms with E-state index >= 15 is 0 Å². The van der Waals surface area contributed by atoms with Gasteiger partial charge >= 0.3 is 12.4 Å². The van der Waals surface area contributed by atoms with Crippen LogP contribution in [-0.2, 0) is 35.2 Å². The van der Waals surface area contributed by atoms with Crippen molar-refractivity contribution in [3.05, 3.63) is 82.7 Å². The first-order valence-electron chi connectivity index (χ1n) is 13.9. The predicted octanol–water partition coefficient (Wildman–Crippen LogP) is 7.44. The molecule has 3 aromatic rings. The van der Waals surface area contributed by atoms with Crippen molar-refractivity contribution >= 4 is 15.8 Å². The highest BCUT2D eigenvalue weighted by Gasteiger charge is 2.38. The zero-order valence-corrected chi connectivity index (χ0v) is 24.6. The number of benzene rings is 2. The van der Waals surface area contributed by atoms with E-state index in [1.165, 1.54) is 19.3 Å². The van der Waals surface area contributed by atoms with Crippen LogP contribution in [0.25, 0.3) is 0 Å². The highest BCUT2D eigenvalue weighted by Crippen LogP contribution is 2.39. The van der Waals surface area contributed by atoms with Gasteiger partial charge in [-0.1, -0.05) is 49.9 Å². The molecule has 234 valence electrons. The second kappa shape index (κ2) is 13.1. The van der Waals surface area contributed by atoms with Crippen molar-refractivity contribution < 1.29 is 39.5 Å². The smallest absolute Gasteiger partial charge is 0.416 e. The lowest BCUT2D eigenvalue weighted by Crippen LogP contribution is -2.29. The zero-order valence-electron chi connectivity index (χ0n) is 23.8. The molecule has 1 atom stereocenters. The van der Waals surface area contributed by atoms with Crippen molar-refractivity contribution in [2.45, 2.75) is 64.0 Å². The SMILES string of the molecule is CC(c1cc(C(F)(F)F)cc(C(F)(F)F)c1)N(Cc1ccccc1CC1CCCC1)c1ncc(OCCS(C)(=O)=O)cn1. The highest BCUT2D eigenvalue weighted by molar-refractivity contribution is 7.90. The van der Waals surface area contributed by atoms with Gasteiger partial charge in [0.2, 0.25) is 5.95 Å². The molecule has 1 fully saturated rings. The number of ether oxygens (including phenoxy) is 1. The molecule has 0 spiro atoms. The van der Waals surface area contributed by atoms with E-state index in [9.17, 15) is 34.8 Å². The normalized spacial score (nSPS) is 15.4. The molecule has 13 heteroatoms. The summed E-state index contributed by atoms with van der Waals surface area (Å²) in [5.41, 5.74) is -1.09. The summed E-state index contributed by atoms with van der Waals surface area (Å²) in [5.74, 6) is 0.501. The first-order valence-corrected chi connectivity index (χ1v) is 15.9. The number of sulfone groups is 1. The Morgan fingerprint density at radius 3 is 2.02 bits per heavy atom. The third-order valence-electron chi connectivity index (χ3n) is 7.60. The van der Waals surface area contributed by atoms with Gasteiger partial charge in [-0.3, -0.25) is 0 Å². The maximum absolute atomic E-state index is 13.7. The average Bonchev–Trinajstić information content (AvgIpc) is 3.44. The van der Waals surface area contributed by atoms with Gasteiger partial charge in [-0.15, -0.1) is 0 Å². The van der Waals surface area contributed by atoms with Crippen molar-refractivity contribution in [1.29, 1.82) is 0 Å². The number of alkyl halides is 6. The molecular formula is C30H33F6N3O3S. The standard InChI is InChI=1S/C30H33F6N3O3S/c1-20(24-14-25(29(31,32)33)16-26(15-24)30(34,35)36)39(28-37-17-27(18-38-28)42-11-12-43(2,40)41)19-23-10-6-5-9-22(23)13-21-7-3-4-8-21/h5-6,9-10,14-18,20-21H,3-4,7-8,11-13,19H2,1-2H3. The molecule has 43 heavy (non-hydrogen) atoms. The molecule has 4 rings (SSSR count). The van der Waals surface area contributed by atoms with Crippen LogP contribution in [0.2, 0.25) is 0 Å². The Labute approximate surface area is 247 Å². The van der Waals surface area contributed by atoms with E-state index in [4.69, 9.17) is 4.74 Å². The van der Waals surface area contributed by atoms with Gasteiger partial charge in [0.15, 0.2) is 15.6 Å². The molecule has 1 aliphatic rings. The summed E-state index contributed by atoms with van der Waals surface area (Å²) in [5, 5.41) is 0. The first kappa shape index (κ1) is 32.6. The number of hydrogen-bond donors (Lipinski definition) is 0. The molecule has 1 aliphatic carbocycles. The maximum Gasteiger partial charge on any atom is 0.416 e. The molecule has 1 unspecified atom stereocenters. The number of nitrogens with zero attached hydrogens (tertiary/aromatic N) is 3. The van der Waals surface area contributed by atoms with E-state index in [1.54, 1.807) is 4.90 Å². The first-order chi connectivity index (χ1) is 20.1. The third-order valence-corrected chi connectivity index (χ3v) is 8.50. The maximum atomic E-state index is 13.7. The van der Waals surface area contributed by atoms with Crippen molar-refractivity contribution in [2.75, 3.05) is 23.5 Å². The van der Waals surface area contributed by atoms with E-state index < -0.39 is 39.4 Å². The summed E-state index contributed by atoms with van der Waals surface area (Å²) in [6, 6.07) is 8.17. The fourth-order valence-electron chi connectivity index (χ4n) is 5.24. The summed E-state index contributed by atoms with van der Waals surface area (Å²) in [6.45, 7) is 1.49. The quantitative estimate of drug-likeness (QED) is 0.206. The van der Waals surface area contributed by atoms with Gasteiger partial charge in [0.1, 0.15) is 6.61 Å². The number of rotatable bonds is 11. The van der Waals surface area contributed by atoms with Crippen LogP contribution in [0.4, 0.5) is 32.3 Å². The monoisotopic (exact) mass is 629 g/mol. The molecule has 1 heterocycles. The van der Waals surface area contributed by atoms with Crippen molar-refractivity contribution in [3.63, 3.8) is 0 Å². The Hall–Kier alpha value is -3.35. The van der Waals surface area contributed by atoms with E-state index in [2.05, 4.69) is 9.97 Å². The van der Waals surface area contributed by atoms with Crippen LogP contribution in [0.5, 0.6) is 5.75 Å². The van der Waals surface area contributed by atoms with E-state index in [0.29, 0.717) is 5.92 Å². The molecule has 0 radical (unpaired) electrons. The van der Waals surface area contributed by atoms with Crippen molar-refractivity contribution in [1.82, 2.24) is 9.97 Å². The van der Waals surface area contributed by atoms with Gasteiger partial charge in [-0.2, -0.15) is 26.3 Å². The highest BCUT2D eigenvalue weighted by atomic mass is 32.2. The van der Waals surface area contributed by atoms with E-state index in [1.807, 2.05) is 24.3 Å².